The van der Waals surface area contributed by atoms with Gasteiger partial charge >= 0.3 is 5.97 Å². The normalized spacial score (nSPS) is 11.8. The molecule has 0 spiro atoms. The van der Waals surface area contributed by atoms with Crippen molar-refractivity contribution in [2.24, 2.45) is 0 Å². The Hall–Kier alpha value is -2.13. The Balaban J connectivity index is 2.38. The van der Waals surface area contributed by atoms with Crippen molar-refractivity contribution >= 4 is 14.0 Å². The SMILES string of the molecule is C=C(C)C(=O)OCCCC(c1ccccc1)(c1ccccc1)[Si](C)(C)C. The van der Waals surface area contributed by atoms with E-state index < -0.39 is 8.07 Å². The molecule has 0 unspecified atom stereocenters. The van der Waals surface area contributed by atoms with Gasteiger partial charge in [-0.2, -0.15) is 0 Å². The van der Waals surface area contributed by atoms with E-state index in [4.69, 9.17) is 4.74 Å². The van der Waals surface area contributed by atoms with Gasteiger partial charge in [-0.3, -0.25) is 0 Å². The topological polar surface area (TPSA) is 26.3 Å². The number of carbonyl (C=O) groups is 1. The number of esters is 1. The van der Waals surface area contributed by atoms with Crippen molar-refractivity contribution < 1.29 is 9.53 Å². The van der Waals surface area contributed by atoms with Crippen molar-refractivity contribution in [2.45, 2.75) is 44.4 Å². The van der Waals surface area contributed by atoms with Gasteiger partial charge in [0.25, 0.3) is 0 Å². The van der Waals surface area contributed by atoms with Crippen molar-refractivity contribution in [3.8, 4) is 0 Å². The van der Waals surface area contributed by atoms with Crippen molar-refractivity contribution in [3.63, 3.8) is 0 Å². The van der Waals surface area contributed by atoms with E-state index >= 15 is 0 Å². The van der Waals surface area contributed by atoms with Crippen molar-refractivity contribution in [1.82, 2.24) is 0 Å². The molecule has 0 fully saturated rings. The van der Waals surface area contributed by atoms with E-state index in [0.717, 1.165) is 12.8 Å². The highest BCUT2D eigenvalue weighted by Gasteiger charge is 2.45. The summed E-state index contributed by atoms with van der Waals surface area (Å²) in [5, 5.41) is -0.0227. The van der Waals surface area contributed by atoms with Gasteiger partial charge in [-0.15, -0.1) is 0 Å². The van der Waals surface area contributed by atoms with Crippen molar-refractivity contribution in [2.75, 3.05) is 6.61 Å². The van der Waals surface area contributed by atoms with Gasteiger partial charge in [0, 0.05) is 10.6 Å². The molecule has 0 atom stereocenters. The Morgan fingerprint density at radius 2 is 1.42 bits per heavy atom. The molecule has 2 nitrogen and oxygen atoms in total. The van der Waals surface area contributed by atoms with Gasteiger partial charge < -0.3 is 4.74 Å². The van der Waals surface area contributed by atoms with Gasteiger partial charge in [0.05, 0.1) is 14.7 Å². The summed E-state index contributed by atoms with van der Waals surface area (Å²) in [5.41, 5.74) is 3.17. The quantitative estimate of drug-likeness (QED) is 0.257. The van der Waals surface area contributed by atoms with Crippen LogP contribution in [0.1, 0.15) is 30.9 Å². The van der Waals surface area contributed by atoms with Crippen LogP contribution in [0.4, 0.5) is 0 Å². The van der Waals surface area contributed by atoms with Crippen molar-refractivity contribution in [1.29, 1.82) is 0 Å². The summed E-state index contributed by atoms with van der Waals surface area (Å²) in [6.07, 6.45) is 1.79. The Morgan fingerprint density at radius 1 is 0.962 bits per heavy atom. The molecule has 2 aromatic carbocycles. The first-order chi connectivity index (χ1) is 12.3. The van der Waals surface area contributed by atoms with Crippen LogP contribution < -0.4 is 0 Å². The smallest absolute Gasteiger partial charge is 0.333 e. The number of hydrogen-bond acceptors (Lipinski definition) is 2. The summed E-state index contributed by atoms with van der Waals surface area (Å²) in [4.78, 5) is 11.7. The lowest BCUT2D eigenvalue weighted by atomic mass is 9.86. The third kappa shape index (κ3) is 4.33. The van der Waals surface area contributed by atoms with Gasteiger partial charge in [-0.1, -0.05) is 86.9 Å². The van der Waals surface area contributed by atoms with Crippen LogP contribution in [0.25, 0.3) is 0 Å². The van der Waals surface area contributed by atoms with Gasteiger partial charge in [-0.05, 0) is 30.9 Å². The summed E-state index contributed by atoms with van der Waals surface area (Å²) in [7, 11) is -1.68. The second kappa shape index (κ2) is 8.50. The van der Waals surface area contributed by atoms with E-state index in [1.165, 1.54) is 11.1 Å². The minimum Gasteiger partial charge on any atom is -0.462 e. The lowest BCUT2D eigenvalue weighted by molar-refractivity contribution is -0.139. The third-order valence-electron chi connectivity index (χ3n) is 5.09. The predicted molar refractivity (Wildman–Crippen MR) is 112 cm³/mol. The van der Waals surface area contributed by atoms with Crippen LogP contribution in [0, 0.1) is 0 Å². The molecule has 0 bridgehead atoms. The molecule has 0 radical (unpaired) electrons. The Morgan fingerprint density at radius 3 is 1.81 bits per heavy atom. The van der Waals surface area contributed by atoms with Crippen LogP contribution in [-0.4, -0.2) is 20.7 Å². The molecular formula is C23H30O2Si. The monoisotopic (exact) mass is 366 g/mol. The summed E-state index contributed by atoms with van der Waals surface area (Å²) >= 11 is 0. The van der Waals surface area contributed by atoms with Crippen LogP contribution in [0.2, 0.25) is 19.6 Å². The molecule has 0 amide bonds. The van der Waals surface area contributed by atoms with Crippen molar-refractivity contribution in [3.05, 3.63) is 83.9 Å². The molecule has 0 saturated heterocycles. The fourth-order valence-corrected chi connectivity index (χ4v) is 6.76. The number of hydrogen-bond donors (Lipinski definition) is 0. The van der Waals surface area contributed by atoms with E-state index in [1.807, 2.05) is 0 Å². The molecule has 2 rings (SSSR count). The Labute approximate surface area is 158 Å². The summed E-state index contributed by atoms with van der Waals surface area (Å²) in [6.45, 7) is 13.0. The molecule has 138 valence electrons. The molecule has 26 heavy (non-hydrogen) atoms. The number of rotatable bonds is 8. The third-order valence-corrected chi connectivity index (χ3v) is 8.48. The standard InChI is InChI=1S/C23H30O2Si/c1-19(2)22(24)25-18-12-17-23(26(3,4)5,20-13-8-6-9-14-20)21-15-10-7-11-16-21/h6-11,13-16H,1,12,17-18H2,2-5H3. The Bertz CT molecular complexity index is 690. The molecule has 3 heteroatoms. The second-order valence-corrected chi connectivity index (χ2v) is 13.3. The number of carbonyl (C=O) groups excluding carboxylic acids is 1. The lowest BCUT2D eigenvalue weighted by Gasteiger charge is -2.45. The molecule has 0 heterocycles. The molecule has 0 aliphatic rings. The van der Waals surface area contributed by atoms with Crippen LogP contribution in [-0.2, 0) is 14.6 Å². The maximum absolute atomic E-state index is 11.7. The molecule has 0 aliphatic carbocycles. The molecule has 0 N–H and O–H groups in total. The minimum atomic E-state index is -1.68. The number of benzene rings is 2. The highest BCUT2D eigenvalue weighted by Crippen LogP contribution is 2.44. The first-order valence-corrected chi connectivity index (χ1v) is 12.7. The second-order valence-electron chi connectivity index (χ2n) is 7.91. The molecule has 2 aromatic rings. The summed E-state index contributed by atoms with van der Waals surface area (Å²) in [6, 6.07) is 21.6. The zero-order valence-corrected chi connectivity index (χ0v) is 17.4. The van der Waals surface area contributed by atoms with Gasteiger partial charge in [-0.25, -0.2) is 4.79 Å². The highest BCUT2D eigenvalue weighted by molar-refractivity contribution is 6.79. The van der Waals surface area contributed by atoms with E-state index in [0.29, 0.717) is 12.2 Å². The first-order valence-electron chi connectivity index (χ1n) is 9.23. The zero-order chi connectivity index (χ0) is 19.2. The van der Waals surface area contributed by atoms with E-state index in [-0.39, 0.29) is 11.0 Å². The van der Waals surface area contributed by atoms with E-state index in [2.05, 4.69) is 86.9 Å². The fraction of sp³-hybridized carbons (Fsp3) is 0.348. The van der Waals surface area contributed by atoms with Gasteiger partial charge in [0.2, 0.25) is 0 Å². The van der Waals surface area contributed by atoms with Crippen LogP contribution >= 0.6 is 0 Å². The lowest BCUT2D eigenvalue weighted by Crippen LogP contribution is -2.50. The van der Waals surface area contributed by atoms with Crippen LogP contribution in [0.15, 0.2) is 72.8 Å². The van der Waals surface area contributed by atoms with Crippen LogP contribution in [0.3, 0.4) is 0 Å². The van der Waals surface area contributed by atoms with E-state index in [1.54, 1.807) is 6.92 Å². The average molecular weight is 367 g/mol. The van der Waals surface area contributed by atoms with Crippen LogP contribution in [0.5, 0.6) is 0 Å². The maximum Gasteiger partial charge on any atom is 0.333 e. The molecule has 0 aromatic heterocycles. The highest BCUT2D eigenvalue weighted by atomic mass is 28.3. The number of ether oxygens (including phenoxy) is 1. The average Bonchev–Trinajstić information content (AvgIpc) is 2.62. The maximum atomic E-state index is 11.7. The molecular weight excluding hydrogens is 336 g/mol. The zero-order valence-electron chi connectivity index (χ0n) is 16.4. The summed E-state index contributed by atoms with van der Waals surface area (Å²) in [5.74, 6) is -0.303. The van der Waals surface area contributed by atoms with Gasteiger partial charge in [0.1, 0.15) is 0 Å². The first kappa shape index (κ1) is 20.2. The fourth-order valence-electron chi connectivity index (χ4n) is 3.77. The minimum absolute atomic E-state index is 0.0227. The summed E-state index contributed by atoms with van der Waals surface area (Å²) < 4.78 is 5.36. The largest absolute Gasteiger partial charge is 0.462 e. The molecule has 0 aliphatic heterocycles. The Kier molecular flexibility index (Phi) is 6.60. The predicted octanol–water partition coefficient (Wildman–Crippen LogP) is 5.75. The van der Waals surface area contributed by atoms with Gasteiger partial charge in [0.15, 0.2) is 0 Å². The molecule has 0 saturated carbocycles. The van der Waals surface area contributed by atoms with E-state index in [9.17, 15) is 4.79 Å².